The lowest BCUT2D eigenvalue weighted by molar-refractivity contribution is -0.140. The van der Waals surface area contributed by atoms with Crippen molar-refractivity contribution in [2.24, 2.45) is 0 Å². The molecule has 0 N–H and O–H groups in total. The summed E-state index contributed by atoms with van der Waals surface area (Å²) in [6.45, 7) is 2.02. The Morgan fingerprint density at radius 2 is 2.33 bits per heavy atom. The quantitative estimate of drug-likeness (QED) is 0.760. The van der Waals surface area contributed by atoms with Crippen molar-refractivity contribution in [3.8, 4) is 11.4 Å². The smallest absolute Gasteiger partial charge is 0.315 e. The minimum absolute atomic E-state index is 0.0178. The van der Waals surface area contributed by atoms with E-state index in [1.165, 1.54) is 7.11 Å². The molecule has 2 aromatic rings. The summed E-state index contributed by atoms with van der Waals surface area (Å²) in [5.74, 6) is 0.305. The monoisotopic (exact) mass is 247 g/mol. The average molecular weight is 247 g/mol. The Morgan fingerprint density at radius 1 is 1.50 bits per heavy atom. The van der Waals surface area contributed by atoms with Gasteiger partial charge in [0.1, 0.15) is 6.42 Å². The van der Waals surface area contributed by atoms with Gasteiger partial charge in [0.25, 0.3) is 0 Å². The Morgan fingerprint density at radius 3 is 3.06 bits per heavy atom. The average Bonchev–Trinajstić information content (AvgIpc) is 2.86. The van der Waals surface area contributed by atoms with Crippen LogP contribution in [0.15, 0.2) is 23.0 Å². The molecule has 0 atom stereocenters. The fraction of sp³-hybridized carbons (Fsp3) is 0.333. The van der Waals surface area contributed by atoms with Gasteiger partial charge in [-0.25, -0.2) is 0 Å². The molecule has 0 aliphatic rings. The SMILES string of the molecule is CCc1cnccc1-c1noc(CC(=O)OC)n1. The third kappa shape index (κ3) is 2.53. The van der Waals surface area contributed by atoms with Crippen LogP contribution in [0.5, 0.6) is 0 Å². The van der Waals surface area contributed by atoms with Gasteiger partial charge >= 0.3 is 5.97 Å². The molecule has 0 aromatic carbocycles. The van der Waals surface area contributed by atoms with Crippen molar-refractivity contribution in [2.45, 2.75) is 19.8 Å². The molecule has 2 aromatic heterocycles. The molecule has 2 rings (SSSR count). The molecule has 6 nitrogen and oxygen atoms in total. The number of rotatable bonds is 4. The van der Waals surface area contributed by atoms with Crippen molar-refractivity contribution in [1.29, 1.82) is 0 Å². The summed E-state index contributed by atoms with van der Waals surface area (Å²) in [5.41, 5.74) is 1.90. The minimum Gasteiger partial charge on any atom is -0.469 e. The molecule has 0 aliphatic carbocycles. The van der Waals surface area contributed by atoms with Crippen LogP contribution in [0, 0.1) is 0 Å². The van der Waals surface area contributed by atoms with E-state index in [1.54, 1.807) is 12.4 Å². The first-order valence-corrected chi connectivity index (χ1v) is 5.57. The van der Waals surface area contributed by atoms with E-state index in [1.807, 2.05) is 13.0 Å². The van der Waals surface area contributed by atoms with Crippen LogP contribution in [0.3, 0.4) is 0 Å². The van der Waals surface area contributed by atoms with Crippen molar-refractivity contribution in [3.63, 3.8) is 0 Å². The zero-order valence-corrected chi connectivity index (χ0v) is 10.2. The maximum atomic E-state index is 11.1. The Balaban J connectivity index is 2.26. The molecular weight excluding hydrogens is 234 g/mol. The van der Waals surface area contributed by atoms with Gasteiger partial charge in [0.05, 0.1) is 7.11 Å². The topological polar surface area (TPSA) is 78.1 Å². The second kappa shape index (κ2) is 5.39. The van der Waals surface area contributed by atoms with Gasteiger partial charge in [-0.3, -0.25) is 9.78 Å². The third-order valence-electron chi connectivity index (χ3n) is 2.52. The fourth-order valence-electron chi connectivity index (χ4n) is 1.56. The van der Waals surface area contributed by atoms with Crippen LogP contribution < -0.4 is 0 Å². The Kier molecular flexibility index (Phi) is 3.66. The van der Waals surface area contributed by atoms with Gasteiger partial charge in [-0.05, 0) is 18.1 Å². The number of esters is 1. The number of aryl methyl sites for hydroxylation is 1. The van der Waals surface area contributed by atoms with E-state index >= 15 is 0 Å². The molecule has 94 valence electrons. The molecule has 0 aliphatic heterocycles. The molecule has 0 saturated carbocycles. The summed E-state index contributed by atoms with van der Waals surface area (Å²) in [6.07, 6.45) is 4.25. The molecule has 0 unspecified atom stereocenters. The number of hydrogen-bond donors (Lipinski definition) is 0. The lowest BCUT2D eigenvalue weighted by Gasteiger charge is -2.00. The first kappa shape index (κ1) is 12.2. The molecule has 0 radical (unpaired) electrons. The number of carbonyl (C=O) groups is 1. The molecule has 0 spiro atoms. The van der Waals surface area contributed by atoms with Gasteiger partial charge in [0, 0.05) is 18.0 Å². The minimum atomic E-state index is -0.407. The lowest BCUT2D eigenvalue weighted by Crippen LogP contribution is -2.04. The maximum Gasteiger partial charge on any atom is 0.315 e. The zero-order chi connectivity index (χ0) is 13.0. The molecule has 18 heavy (non-hydrogen) atoms. The normalized spacial score (nSPS) is 10.3. The van der Waals surface area contributed by atoms with Gasteiger partial charge in [-0.15, -0.1) is 0 Å². The summed E-state index contributed by atoms with van der Waals surface area (Å²) in [5, 5.41) is 3.86. The van der Waals surface area contributed by atoms with E-state index in [-0.39, 0.29) is 12.3 Å². The van der Waals surface area contributed by atoms with Gasteiger partial charge < -0.3 is 9.26 Å². The third-order valence-corrected chi connectivity index (χ3v) is 2.52. The van der Waals surface area contributed by atoms with Crippen LogP contribution in [0.25, 0.3) is 11.4 Å². The van der Waals surface area contributed by atoms with Gasteiger partial charge in [0.2, 0.25) is 11.7 Å². The Bertz CT molecular complexity index is 551. The second-order valence-corrected chi connectivity index (χ2v) is 3.65. The molecule has 0 bridgehead atoms. The van der Waals surface area contributed by atoms with Gasteiger partial charge in [-0.2, -0.15) is 4.98 Å². The van der Waals surface area contributed by atoms with E-state index in [9.17, 15) is 4.79 Å². The number of nitrogens with zero attached hydrogens (tertiary/aromatic N) is 3. The largest absolute Gasteiger partial charge is 0.469 e. The first-order valence-electron chi connectivity index (χ1n) is 5.57. The fourth-order valence-corrected chi connectivity index (χ4v) is 1.56. The summed E-state index contributed by atoms with van der Waals surface area (Å²) < 4.78 is 9.55. The predicted octanol–water partition coefficient (Wildman–Crippen LogP) is 1.41. The van der Waals surface area contributed by atoms with E-state index in [0.29, 0.717) is 5.82 Å². The second-order valence-electron chi connectivity index (χ2n) is 3.65. The van der Waals surface area contributed by atoms with Crippen LogP contribution in [-0.4, -0.2) is 28.2 Å². The van der Waals surface area contributed by atoms with Crippen LogP contribution in [0.4, 0.5) is 0 Å². The predicted molar refractivity (Wildman–Crippen MR) is 62.6 cm³/mol. The van der Waals surface area contributed by atoms with E-state index in [2.05, 4.69) is 19.9 Å². The molecule has 2 heterocycles. The maximum absolute atomic E-state index is 11.1. The number of ether oxygens (including phenoxy) is 1. The summed E-state index contributed by atoms with van der Waals surface area (Å²) in [6, 6.07) is 1.83. The summed E-state index contributed by atoms with van der Waals surface area (Å²) in [4.78, 5) is 19.3. The van der Waals surface area contributed by atoms with Crippen LogP contribution >= 0.6 is 0 Å². The van der Waals surface area contributed by atoms with Gasteiger partial charge in [0.15, 0.2) is 0 Å². The highest BCUT2D eigenvalue weighted by atomic mass is 16.5. The number of pyridine rings is 1. The van der Waals surface area contributed by atoms with Gasteiger partial charge in [-0.1, -0.05) is 12.1 Å². The highest BCUT2D eigenvalue weighted by Gasteiger charge is 2.14. The highest BCUT2D eigenvalue weighted by Crippen LogP contribution is 2.20. The Hall–Kier alpha value is -2.24. The van der Waals surface area contributed by atoms with E-state index in [0.717, 1.165) is 17.5 Å². The van der Waals surface area contributed by atoms with E-state index in [4.69, 9.17) is 4.52 Å². The number of aromatic nitrogens is 3. The van der Waals surface area contributed by atoms with Crippen molar-refractivity contribution >= 4 is 5.97 Å². The number of hydrogen-bond acceptors (Lipinski definition) is 6. The lowest BCUT2D eigenvalue weighted by atomic mass is 10.1. The number of methoxy groups -OCH3 is 1. The molecule has 0 saturated heterocycles. The molecular formula is C12H13N3O3. The van der Waals surface area contributed by atoms with Crippen LogP contribution in [0.2, 0.25) is 0 Å². The van der Waals surface area contributed by atoms with Crippen molar-refractivity contribution in [2.75, 3.05) is 7.11 Å². The molecule has 6 heteroatoms. The van der Waals surface area contributed by atoms with Crippen LogP contribution in [-0.2, 0) is 22.4 Å². The van der Waals surface area contributed by atoms with Crippen LogP contribution in [0.1, 0.15) is 18.4 Å². The Labute approximate surface area is 104 Å². The van der Waals surface area contributed by atoms with E-state index < -0.39 is 5.97 Å². The zero-order valence-electron chi connectivity index (χ0n) is 10.2. The summed E-state index contributed by atoms with van der Waals surface area (Å²) >= 11 is 0. The first-order chi connectivity index (χ1) is 8.74. The highest BCUT2D eigenvalue weighted by molar-refractivity contribution is 5.71. The number of carbonyl (C=O) groups excluding carboxylic acids is 1. The molecule has 0 amide bonds. The van der Waals surface area contributed by atoms with Crippen molar-refractivity contribution < 1.29 is 14.1 Å². The molecule has 0 fully saturated rings. The van der Waals surface area contributed by atoms with Crippen molar-refractivity contribution in [1.82, 2.24) is 15.1 Å². The summed E-state index contributed by atoms with van der Waals surface area (Å²) in [7, 11) is 1.32. The van der Waals surface area contributed by atoms with Crippen molar-refractivity contribution in [3.05, 3.63) is 29.9 Å². The standard InChI is InChI=1S/C12H13N3O3/c1-3-8-7-13-5-4-9(8)12-14-10(18-15-12)6-11(16)17-2/h4-5,7H,3,6H2,1-2H3.